The van der Waals surface area contributed by atoms with Crippen LogP contribution >= 0.6 is 0 Å². The molecule has 0 radical (unpaired) electrons. The number of nitrogens with zero attached hydrogens (tertiary/aromatic N) is 2. The Labute approximate surface area is 217 Å². The summed E-state index contributed by atoms with van der Waals surface area (Å²) < 4.78 is 87.9. The van der Waals surface area contributed by atoms with Gasteiger partial charge >= 0.3 is 18.3 Å². The van der Waals surface area contributed by atoms with Gasteiger partial charge in [0.05, 0.1) is 16.6 Å². The number of aromatic nitrogens is 1. The molecule has 0 saturated carbocycles. The summed E-state index contributed by atoms with van der Waals surface area (Å²) in [6.07, 6.45) is -7.60. The normalized spacial score (nSPS) is 12.4. The molecule has 5 nitrogen and oxygen atoms in total. The molecule has 3 aromatic carbocycles. The quantitative estimate of drug-likeness (QED) is 0.151. The molecule has 0 spiro atoms. The van der Waals surface area contributed by atoms with E-state index in [1.165, 1.54) is 10.8 Å². The SMILES string of the molecule is N#C/C(=C\c1cn(Cc2cc(C(F)(F)F)cc(C(F)(F)F)c2)c2c(OCc3ccccc3)cccc12)C(=O)O. The Morgan fingerprint density at radius 2 is 1.56 bits per heavy atom. The third-order valence-electron chi connectivity index (χ3n) is 5.78. The van der Waals surface area contributed by atoms with E-state index in [2.05, 4.69) is 0 Å². The molecule has 39 heavy (non-hydrogen) atoms. The standard InChI is InChI=1S/C28H18F6N2O3/c29-27(30,31)21-9-18(10-22(12-21)28(32,33)34)14-36-15-20(11-19(13-35)26(37)38)23-7-4-8-24(25(23)36)39-16-17-5-2-1-3-6-17/h1-12,15H,14,16H2,(H,37,38)/b19-11+. The second-order valence-corrected chi connectivity index (χ2v) is 8.53. The topological polar surface area (TPSA) is 75.2 Å². The van der Waals surface area contributed by atoms with Crippen molar-refractivity contribution in [2.45, 2.75) is 25.5 Å². The van der Waals surface area contributed by atoms with Crippen LogP contribution in [0.3, 0.4) is 0 Å². The van der Waals surface area contributed by atoms with Crippen molar-refractivity contribution >= 4 is 22.9 Å². The molecule has 0 saturated heterocycles. The molecule has 0 amide bonds. The lowest BCUT2D eigenvalue weighted by molar-refractivity contribution is -0.143. The molecule has 0 atom stereocenters. The lowest BCUT2D eigenvalue weighted by Gasteiger charge is -2.16. The number of halogens is 6. The van der Waals surface area contributed by atoms with E-state index in [9.17, 15) is 41.5 Å². The van der Waals surface area contributed by atoms with Crippen molar-refractivity contribution in [3.63, 3.8) is 0 Å². The van der Waals surface area contributed by atoms with Crippen molar-refractivity contribution in [1.29, 1.82) is 5.26 Å². The predicted octanol–water partition coefficient (Wildman–Crippen LogP) is 7.30. The summed E-state index contributed by atoms with van der Waals surface area (Å²) in [7, 11) is 0. The Morgan fingerprint density at radius 3 is 2.13 bits per heavy atom. The van der Waals surface area contributed by atoms with Gasteiger partial charge in [-0.05, 0) is 41.5 Å². The summed E-state index contributed by atoms with van der Waals surface area (Å²) >= 11 is 0. The highest BCUT2D eigenvalue weighted by Crippen LogP contribution is 2.38. The van der Waals surface area contributed by atoms with Gasteiger partial charge < -0.3 is 14.4 Å². The van der Waals surface area contributed by atoms with Gasteiger partial charge in [0.15, 0.2) is 0 Å². The number of fused-ring (bicyclic) bond motifs is 1. The lowest BCUT2D eigenvalue weighted by atomic mass is 10.0. The van der Waals surface area contributed by atoms with Crippen molar-refractivity contribution in [3.8, 4) is 11.8 Å². The molecular formula is C28H18F6N2O3. The van der Waals surface area contributed by atoms with Crippen LogP contribution in [0, 0.1) is 11.3 Å². The van der Waals surface area contributed by atoms with Gasteiger partial charge in [-0.15, -0.1) is 0 Å². The van der Waals surface area contributed by atoms with Gasteiger partial charge in [-0.3, -0.25) is 0 Å². The fourth-order valence-corrected chi connectivity index (χ4v) is 4.05. The third kappa shape index (κ3) is 6.23. The predicted molar refractivity (Wildman–Crippen MR) is 129 cm³/mol. The summed E-state index contributed by atoms with van der Waals surface area (Å²) in [5, 5.41) is 18.9. The van der Waals surface area contributed by atoms with Crippen molar-refractivity contribution in [2.24, 2.45) is 0 Å². The van der Waals surface area contributed by atoms with Crippen LogP contribution in [0.5, 0.6) is 5.75 Å². The molecule has 0 aliphatic rings. The highest BCUT2D eigenvalue weighted by Gasteiger charge is 2.37. The van der Waals surface area contributed by atoms with Crippen LogP contribution in [0.1, 0.15) is 27.8 Å². The highest BCUT2D eigenvalue weighted by atomic mass is 19.4. The molecule has 0 fully saturated rings. The highest BCUT2D eigenvalue weighted by molar-refractivity contribution is 6.01. The van der Waals surface area contributed by atoms with E-state index >= 15 is 0 Å². The second-order valence-electron chi connectivity index (χ2n) is 8.53. The molecule has 1 heterocycles. The number of alkyl halides is 6. The zero-order valence-corrected chi connectivity index (χ0v) is 19.8. The molecule has 0 unspecified atom stereocenters. The number of para-hydroxylation sites is 1. The third-order valence-corrected chi connectivity index (χ3v) is 5.78. The van der Waals surface area contributed by atoms with Crippen molar-refractivity contribution in [1.82, 2.24) is 4.57 Å². The van der Waals surface area contributed by atoms with E-state index < -0.39 is 41.6 Å². The van der Waals surface area contributed by atoms with Gasteiger partial charge in [-0.1, -0.05) is 42.5 Å². The number of rotatable bonds is 7. The van der Waals surface area contributed by atoms with E-state index in [4.69, 9.17) is 4.74 Å². The maximum atomic E-state index is 13.4. The molecular weight excluding hydrogens is 526 g/mol. The summed E-state index contributed by atoms with van der Waals surface area (Å²) in [6, 6.07) is 16.6. The van der Waals surface area contributed by atoms with E-state index in [1.54, 1.807) is 48.5 Å². The average Bonchev–Trinajstić information content (AvgIpc) is 3.22. The van der Waals surface area contributed by atoms with Crippen LogP contribution in [0.4, 0.5) is 26.3 Å². The molecule has 1 aromatic heterocycles. The fourth-order valence-electron chi connectivity index (χ4n) is 4.05. The summed E-state index contributed by atoms with van der Waals surface area (Å²) in [5.41, 5.74) is -2.49. The van der Waals surface area contributed by atoms with Crippen LogP contribution in [0.15, 0.2) is 78.5 Å². The van der Waals surface area contributed by atoms with E-state index in [0.29, 0.717) is 23.0 Å². The zero-order chi connectivity index (χ0) is 28.4. The number of carbonyl (C=O) groups is 1. The molecule has 4 aromatic rings. The van der Waals surface area contributed by atoms with Crippen molar-refractivity contribution < 1.29 is 41.0 Å². The first-order chi connectivity index (χ1) is 18.4. The van der Waals surface area contributed by atoms with Crippen LogP contribution in [0.25, 0.3) is 17.0 Å². The molecule has 0 aliphatic heterocycles. The Morgan fingerprint density at radius 1 is 0.923 bits per heavy atom. The molecule has 200 valence electrons. The van der Waals surface area contributed by atoms with Crippen LogP contribution < -0.4 is 4.74 Å². The number of ether oxygens (including phenoxy) is 1. The number of carboxylic acids is 1. The summed E-state index contributed by atoms with van der Waals surface area (Å²) in [4.78, 5) is 11.4. The Kier molecular flexibility index (Phi) is 7.40. The van der Waals surface area contributed by atoms with Gasteiger partial charge in [-0.25, -0.2) is 4.79 Å². The van der Waals surface area contributed by atoms with Crippen LogP contribution in [0.2, 0.25) is 0 Å². The first-order valence-corrected chi connectivity index (χ1v) is 11.3. The Bertz CT molecular complexity index is 1560. The molecule has 11 heteroatoms. The minimum atomic E-state index is -5.02. The van der Waals surface area contributed by atoms with Crippen molar-refractivity contribution in [3.05, 3.63) is 106 Å². The monoisotopic (exact) mass is 544 g/mol. The maximum Gasteiger partial charge on any atom is 0.416 e. The number of hydrogen-bond acceptors (Lipinski definition) is 3. The number of hydrogen-bond donors (Lipinski definition) is 1. The average molecular weight is 544 g/mol. The maximum absolute atomic E-state index is 13.4. The number of nitriles is 1. The van der Waals surface area contributed by atoms with Gasteiger partial charge in [-0.2, -0.15) is 31.6 Å². The summed E-state index contributed by atoms with van der Waals surface area (Å²) in [6.45, 7) is -0.325. The van der Waals surface area contributed by atoms with E-state index in [0.717, 1.165) is 11.6 Å². The lowest BCUT2D eigenvalue weighted by Crippen LogP contribution is -2.12. The van der Waals surface area contributed by atoms with E-state index in [-0.39, 0.29) is 29.5 Å². The van der Waals surface area contributed by atoms with Crippen LogP contribution in [-0.2, 0) is 30.3 Å². The van der Waals surface area contributed by atoms with Gasteiger partial charge in [0, 0.05) is 23.7 Å². The first kappa shape index (κ1) is 27.3. The first-order valence-electron chi connectivity index (χ1n) is 11.3. The number of carboxylic acid groups (broad SMARTS) is 1. The Balaban J connectivity index is 1.88. The van der Waals surface area contributed by atoms with Gasteiger partial charge in [0.1, 0.15) is 24.0 Å². The Hall–Kier alpha value is -4.72. The molecule has 4 rings (SSSR count). The number of aliphatic carboxylic acids is 1. The smallest absolute Gasteiger partial charge is 0.416 e. The minimum Gasteiger partial charge on any atom is -0.487 e. The van der Waals surface area contributed by atoms with Gasteiger partial charge in [0.25, 0.3) is 0 Å². The van der Waals surface area contributed by atoms with E-state index in [1.807, 2.05) is 6.07 Å². The van der Waals surface area contributed by atoms with Crippen LogP contribution in [-0.4, -0.2) is 15.6 Å². The molecule has 0 aliphatic carbocycles. The summed E-state index contributed by atoms with van der Waals surface area (Å²) in [5.74, 6) is -1.24. The van der Waals surface area contributed by atoms with Crippen molar-refractivity contribution in [2.75, 3.05) is 0 Å². The largest absolute Gasteiger partial charge is 0.487 e. The number of benzene rings is 3. The zero-order valence-electron chi connectivity index (χ0n) is 19.8. The second kappa shape index (κ2) is 10.6. The van der Waals surface area contributed by atoms with Gasteiger partial charge in [0.2, 0.25) is 0 Å². The minimum absolute atomic E-state index is 0.0475. The molecule has 0 bridgehead atoms. The molecule has 1 N–H and O–H groups in total. The fraction of sp³-hybridized carbons (Fsp3) is 0.143.